The van der Waals surface area contributed by atoms with Crippen LogP contribution in [0.25, 0.3) is 0 Å². The Morgan fingerprint density at radius 2 is 2.21 bits per heavy atom. The molecule has 1 aliphatic rings. The normalized spacial score (nSPS) is 19.1. The predicted molar refractivity (Wildman–Crippen MR) is 57.6 cm³/mol. The Labute approximate surface area is 84.5 Å². The summed E-state index contributed by atoms with van der Waals surface area (Å²) in [7, 11) is 1.60. The van der Waals surface area contributed by atoms with E-state index in [2.05, 4.69) is 22.2 Å². The lowest BCUT2D eigenvalue weighted by atomic mass is 10.1. The summed E-state index contributed by atoms with van der Waals surface area (Å²) in [6.45, 7) is 5.48. The number of nitrogens with one attached hydrogen (secondary N) is 2. The summed E-state index contributed by atoms with van der Waals surface area (Å²) in [5, 5.41) is 6.18. The Morgan fingerprint density at radius 3 is 2.71 bits per heavy atom. The number of piperidine rings is 1. The summed E-state index contributed by atoms with van der Waals surface area (Å²) >= 11 is 0. The molecule has 1 aliphatic heterocycles. The van der Waals surface area contributed by atoms with E-state index in [1.54, 1.807) is 7.05 Å². The molecular formula is C10H17N3O. The Balaban J connectivity index is 2.42. The van der Waals surface area contributed by atoms with Gasteiger partial charge in [-0.15, -0.1) is 0 Å². The molecule has 0 atom stereocenters. The minimum Gasteiger partial charge on any atom is -0.348 e. The molecule has 0 spiro atoms. The molecule has 1 saturated heterocycles. The van der Waals surface area contributed by atoms with Crippen molar-refractivity contribution < 1.29 is 4.79 Å². The van der Waals surface area contributed by atoms with E-state index in [1.165, 1.54) is 6.08 Å². The highest BCUT2D eigenvalue weighted by atomic mass is 16.1. The molecule has 0 aromatic carbocycles. The van der Waals surface area contributed by atoms with E-state index in [4.69, 9.17) is 0 Å². The maximum absolute atomic E-state index is 11.5. The van der Waals surface area contributed by atoms with Crippen molar-refractivity contribution in [3.63, 3.8) is 0 Å². The van der Waals surface area contributed by atoms with E-state index < -0.39 is 0 Å². The van der Waals surface area contributed by atoms with E-state index in [1.807, 2.05) is 0 Å². The largest absolute Gasteiger partial charge is 0.348 e. The van der Waals surface area contributed by atoms with Crippen molar-refractivity contribution in [2.75, 3.05) is 20.1 Å². The zero-order valence-corrected chi connectivity index (χ0v) is 8.55. The molecule has 0 aromatic rings. The van der Waals surface area contributed by atoms with Crippen molar-refractivity contribution in [3.8, 4) is 0 Å². The molecule has 0 radical (unpaired) electrons. The number of carbonyl (C=O) groups excluding carboxylic acids is 1. The van der Waals surface area contributed by atoms with Crippen LogP contribution in [0.2, 0.25) is 0 Å². The SMILES string of the molecule is C=C/C(=N\C)C(=O)NC1CCNCC1. The topological polar surface area (TPSA) is 53.5 Å². The number of amides is 1. The van der Waals surface area contributed by atoms with Gasteiger partial charge in [-0.25, -0.2) is 0 Å². The number of nitrogens with zero attached hydrogens (tertiary/aromatic N) is 1. The average molecular weight is 195 g/mol. The van der Waals surface area contributed by atoms with Gasteiger partial charge in [0.25, 0.3) is 5.91 Å². The molecule has 0 aromatic heterocycles. The molecule has 14 heavy (non-hydrogen) atoms. The predicted octanol–water partition coefficient (Wildman–Crippen LogP) is 0.111. The van der Waals surface area contributed by atoms with Crippen LogP contribution in [0.1, 0.15) is 12.8 Å². The molecule has 4 heteroatoms. The molecule has 0 unspecified atom stereocenters. The summed E-state index contributed by atoms with van der Waals surface area (Å²) in [5.41, 5.74) is 0.406. The van der Waals surface area contributed by atoms with Crippen LogP contribution < -0.4 is 10.6 Å². The lowest BCUT2D eigenvalue weighted by Gasteiger charge is -2.23. The van der Waals surface area contributed by atoms with Gasteiger partial charge < -0.3 is 10.6 Å². The molecule has 1 rings (SSSR count). The Hall–Kier alpha value is -1.16. The minimum absolute atomic E-state index is 0.116. The molecule has 1 fully saturated rings. The highest BCUT2D eigenvalue weighted by molar-refractivity contribution is 6.43. The van der Waals surface area contributed by atoms with Gasteiger partial charge in [0, 0.05) is 13.1 Å². The highest BCUT2D eigenvalue weighted by Crippen LogP contribution is 2.01. The Bertz CT molecular complexity index is 242. The average Bonchev–Trinajstić information content (AvgIpc) is 2.21. The monoisotopic (exact) mass is 195 g/mol. The van der Waals surface area contributed by atoms with Crippen LogP contribution in [0, 0.1) is 0 Å². The smallest absolute Gasteiger partial charge is 0.269 e. The van der Waals surface area contributed by atoms with Crippen LogP contribution in [0.15, 0.2) is 17.6 Å². The van der Waals surface area contributed by atoms with Crippen molar-refractivity contribution in [1.82, 2.24) is 10.6 Å². The Kier molecular flexibility index (Phi) is 4.32. The number of rotatable bonds is 3. The molecule has 1 amide bonds. The first kappa shape index (κ1) is 10.9. The minimum atomic E-state index is -0.116. The van der Waals surface area contributed by atoms with Gasteiger partial charge in [0.1, 0.15) is 5.71 Å². The first-order chi connectivity index (χ1) is 6.77. The van der Waals surface area contributed by atoms with Gasteiger partial charge in [-0.3, -0.25) is 9.79 Å². The van der Waals surface area contributed by atoms with Crippen molar-refractivity contribution in [2.24, 2.45) is 4.99 Å². The van der Waals surface area contributed by atoms with Crippen LogP contribution in [0.5, 0.6) is 0 Å². The van der Waals surface area contributed by atoms with Gasteiger partial charge >= 0.3 is 0 Å². The summed E-state index contributed by atoms with van der Waals surface area (Å²) in [6.07, 6.45) is 3.45. The van der Waals surface area contributed by atoms with Crippen molar-refractivity contribution in [3.05, 3.63) is 12.7 Å². The van der Waals surface area contributed by atoms with E-state index in [0.717, 1.165) is 25.9 Å². The summed E-state index contributed by atoms with van der Waals surface area (Å²) in [4.78, 5) is 15.4. The van der Waals surface area contributed by atoms with Crippen molar-refractivity contribution in [1.29, 1.82) is 0 Å². The van der Waals surface area contributed by atoms with E-state index in [-0.39, 0.29) is 11.9 Å². The van der Waals surface area contributed by atoms with Gasteiger partial charge in [0.15, 0.2) is 0 Å². The number of carbonyl (C=O) groups is 1. The number of hydrogen-bond acceptors (Lipinski definition) is 3. The number of aliphatic imine (C=N–C) groups is 1. The van der Waals surface area contributed by atoms with Crippen molar-refractivity contribution in [2.45, 2.75) is 18.9 Å². The summed E-state index contributed by atoms with van der Waals surface area (Å²) in [6, 6.07) is 0.278. The van der Waals surface area contributed by atoms with Gasteiger partial charge in [0.2, 0.25) is 0 Å². The molecule has 0 aliphatic carbocycles. The molecule has 0 bridgehead atoms. The standard InChI is InChI=1S/C10H17N3O/c1-3-9(11-2)10(14)13-8-4-6-12-7-5-8/h3,8,12H,1,4-7H2,2H3,(H,13,14)/b11-9+. The summed E-state index contributed by atoms with van der Waals surface area (Å²) < 4.78 is 0. The fraction of sp³-hybridized carbons (Fsp3) is 0.600. The Morgan fingerprint density at radius 1 is 1.57 bits per heavy atom. The first-order valence-corrected chi connectivity index (χ1v) is 4.88. The second-order valence-corrected chi connectivity index (χ2v) is 3.31. The van der Waals surface area contributed by atoms with Gasteiger partial charge in [-0.05, 0) is 32.0 Å². The quantitative estimate of drug-likeness (QED) is 0.628. The second kappa shape index (κ2) is 5.54. The molecule has 2 N–H and O–H groups in total. The van der Waals surface area contributed by atoms with Crippen molar-refractivity contribution >= 4 is 11.6 Å². The fourth-order valence-electron chi connectivity index (χ4n) is 1.51. The van der Waals surface area contributed by atoms with E-state index in [0.29, 0.717) is 5.71 Å². The van der Waals surface area contributed by atoms with Crippen LogP contribution in [-0.4, -0.2) is 37.8 Å². The van der Waals surface area contributed by atoms with Gasteiger partial charge in [0.05, 0.1) is 0 Å². The van der Waals surface area contributed by atoms with Crippen LogP contribution in [0.4, 0.5) is 0 Å². The zero-order valence-electron chi connectivity index (χ0n) is 8.55. The first-order valence-electron chi connectivity index (χ1n) is 4.88. The lowest BCUT2D eigenvalue weighted by molar-refractivity contribution is -0.115. The second-order valence-electron chi connectivity index (χ2n) is 3.31. The third-order valence-corrected chi connectivity index (χ3v) is 2.34. The number of hydrogen-bond donors (Lipinski definition) is 2. The summed E-state index contributed by atoms with van der Waals surface area (Å²) in [5.74, 6) is -0.116. The zero-order chi connectivity index (χ0) is 10.4. The molecule has 0 saturated carbocycles. The fourth-order valence-corrected chi connectivity index (χ4v) is 1.51. The van der Waals surface area contributed by atoms with Gasteiger partial charge in [-0.2, -0.15) is 0 Å². The van der Waals surface area contributed by atoms with E-state index in [9.17, 15) is 4.79 Å². The van der Waals surface area contributed by atoms with Gasteiger partial charge in [-0.1, -0.05) is 6.58 Å². The maximum Gasteiger partial charge on any atom is 0.269 e. The molecule has 78 valence electrons. The molecule has 1 heterocycles. The third kappa shape index (κ3) is 2.96. The molecular weight excluding hydrogens is 178 g/mol. The van der Waals surface area contributed by atoms with Crippen LogP contribution in [0.3, 0.4) is 0 Å². The van der Waals surface area contributed by atoms with Crippen LogP contribution >= 0.6 is 0 Å². The highest BCUT2D eigenvalue weighted by Gasteiger charge is 2.16. The van der Waals surface area contributed by atoms with Crippen LogP contribution in [-0.2, 0) is 4.79 Å². The van der Waals surface area contributed by atoms with E-state index >= 15 is 0 Å². The third-order valence-electron chi connectivity index (χ3n) is 2.34. The molecule has 4 nitrogen and oxygen atoms in total. The lowest BCUT2D eigenvalue weighted by Crippen LogP contribution is -2.44. The maximum atomic E-state index is 11.5.